The molecule has 0 unspecified atom stereocenters. The molecule has 0 fully saturated rings. The van der Waals surface area contributed by atoms with Crippen LogP contribution in [0.15, 0.2) is 83.4 Å². The van der Waals surface area contributed by atoms with Crippen LogP contribution in [0.25, 0.3) is 0 Å². The van der Waals surface area contributed by atoms with Crippen molar-refractivity contribution < 1.29 is 13.7 Å². The number of nitrogens with zero attached hydrogens (tertiary/aromatic N) is 2. The molecule has 1 aromatic heterocycles. The lowest BCUT2D eigenvalue weighted by Crippen LogP contribution is -2.02. The molecule has 0 radical (unpaired) electrons. The van der Waals surface area contributed by atoms with Gasteiger partial charge in [0.1, 0.15) is 18.2 Å². The maximum atomic E-state index is 13.0. The maximum absolute atomic E-state index is 13.0. The van der Waals surface area contributed by atoms with E-state index in [4.69, 9.17) is 9.26 Å². The van der Waals surface area contributed by atoms with Crippen LogP contribution in [0, 0.1) is 5.82 Å². The summed E-state index contributed by atoms with van der Waals surface area (Å²) in [6.45, 7) is 0.817. The second-order valence-corrected chi connectivity index (χ2v) is 6.56. The number of anilines is 1. The minimum atomic E-state index is -0.256. The van der Waals surface area contributed by atoms with E-state index in [2.05, 4.69) is 15.5 Å². The number of ether oxygens (including phenoxy) is 1. The Morgan fingerprint density at radius 3 is 2.55 bits per heavy atom. The predicted octanol–water partition coefficient (Wildman–Crippen LogP) is 4.99. The number of nitrogens with one attached hydrogen (secondary N) is 1. The molecule has 1 heterocycles. The van der Waals surface area contributed by atoms with Gasteiger partial charge < -0.3 is 14.6 Å². The Kier molecular flexibility index (Phi) is 5.81. The number of hydrogen-bond acceptors (Lipinski definition) is 5. The summed E-state index contributed by atoms with van der Waals surface area (Å²) in [5.74, 6) is 1.64. The summed E-state index contributed by atoms with van der Waals surface area (Å²) in [4.78, 5) is 4.42. The van der Waals surface area contributed by atoms with Gasteiger partial charge in [-0.05, 0) is 35.4 Å². The summed E-state index contributed by atoms with van der Waals surface area (Å²) in [6, 6.07) is 23.9. The molecule has 0 aliphatic rings. The summed E-state index contributed by atoms with van der Waals surface area (Å²) in [5, 5.41) is 7.29. The van der Waals surface area contributed by atoms with Crippen molar-refractivity contribution in [3.63, 3.8) is 0 Å². The van der Waals surface area contributed by atoms with Gasteiger partial charge in [-0.1, -0.05) is 53.7 Å². The normalized spacial score (nSPS) is 10.7. The number of halogens is 1. The zero-order valence-electron chi connectivity index (χ0n) is 15.7. The molecule has 3 aromatic carbocycles. The fourth-order valence-corrected chi connectivity index (χ4v) is 2.83. The summed E-state index contributed by atoms with van der Waals surface area (Å²) in [5.41, 5.74) is 2.92. The van der Waals surface area contributed by atoms with Gasteiger partial charge in [-0.25, -0.2) is 4.39 Å². The number of rotatable bonds is 8. The quantitative estimate of drug-likeness (QED) is 0.460. The van der Waals surface area contributed by atoms with Crippen LogP contribution in [0.3, 0.4) is 0 Å². The first-order valence-electron chi connectivity index (χ1n) is 9.31. The first kappa shape index (κ1) is 18.7. The molecule has 1 N–H and O–H groups in total. The zero-order chi connectivity index (χ0) is 19.9. The number of hydrogen-bond donors (Lipinski definition) is 1. The van der Waals surface area contributed by atoms with Crippen LogP contribution in [-0.2, 0) is 19.6 Å². The van der Waals surface area contributed by atoms with Crippen LogP contribution < -0.4 is 10.1 Å². The third-order valence-electron chi connectivity index (χ3n) is 4.31. The molecule has 146 valence electrons. The van der Waals surface area contributed by atoms with E-state index in [0.29, 0.717) is 31.3 Å². The molecule has 0 aliphatic carbocycles. The fraction of sp³-hybridized carbons (Fsp3) is 0.130. The Morgan fingerprint density at radius 1 is 0.897 bits per heavy atom. The molecule has 0 atom stereocenters. The van der Waals surface area contributed by atoms with Gasteiger partial charge in [0.05, 0.1) is 13.0 Å². The topological polar surface area (TPSA) is 60.2 Å². The molecular formula is C23H20FN3O2. The molecule has 6 heteroatoms. The van der Waals surface area contributed by atoms with E-state index in [9.17, 15) is 4.39 Å². The van der Waals surface area contributed by atoms with Crippen molar-refractivity contribution in [3.8, 4) is 5.75 Å². The van der Waals surface area contributed by atoms with Crippen molar-refractivity contribution in [1.29, 1.82) is 0 Å². The molecule has 5 nitrogen and oxygen atoms in total. The lowest BCUT2D eigenvalue weighted by Gasteiger charge is -2.09. The van der Waals surface area contributed by atoms with Gasteiger partial charge in [0, 0.05) is 11.8 Å². The lowest BCUT2D eigenvalue weighted by atomic mass is 10.1. The SMILES string of the molecule is Fc1ccc(COc2cccc(NCc3noc(Cc4ccccc4)n3)c2)cc1. The van der Waals surface area contributed by atoms with Crippen LogP contribution in [0.4, 0.5) is 10.1 Å². The largest absolute Gasteiger partial charge is 0.489 e. The van der Waals surface area contributed by atoms with E-state index in [-0.39, 0.29) is 5.82 Å². The predicted molar refractivity (Wildman–Crippen MR) is 108 cm³/mol. The summed E-state index contributed by atoms with van der Waals surface area (Å²) >= 11 is 0. The van der Waals surface area contributed by atoms with Crippen LogP contribution in [0.2, 0.25) is 0 Å². The van der Waals surface area contributed by atoms with Crippen molar-refractivity contribution >= 4 is 5.69 Å². The molecule has 4 rings (SSSR count). The molecule has 0 amide bonds. The van der Waals surface area contributed by atoms with Gasteiger partial charge in [-0.15, -0.1) is 0 Å². The number of aromatic nitrogens is 2. The van der Waals surface area contributed by atoms with E-state index in [1.807, 2.05) is 54.6 Å². The Labute approximate surface area is 168 Å². The highest BCUT2D eigenvalue weighted by atomic mass is 19.1. The highest BCUT2D eigenvalue weighted by molar-refractivity contribution is 5.48. The Hall–Kier alpha value is -3.67. The monoisotopic (exact) mass is 389 g/mol. The van der Waals surface area contributed by atoms with Crippen molar-refractivity contribution in [2.45, 2.75) is 19.6 Å². The van der Waals surface area contributed by atoms with E-state index in [1.165, 1.54) is 12.1 Å². The van der Waals surface area contributed by atoms with Crippen molar-refractivity contribution in [2.75, 3.05) is 5.32 Å². The summed E-state index contributed by atoms with van der Waals surface area (Å²) in [7, 11) is 0. The molecule has 0 aliphatic heterocycles. The minimum absolute atomic E-state index is 0.256. The van der Waals surface area contributed by atoms with Gasteiger partial charge in [-0.3, -0.25) is 0 Å². The fourth-order valence-electron chi connectivity index (χ4n) is 2.83. The highest BCUT2D eigenvalue weighted by Crippen LogP contribution is 2.19. The average molecular weight is 389 g/mol. The first-order valence-corrected chi connectivity index (χ1v) is 9.31. The van der Waals surface area contributed by atoms with Gasteiger partial charge in [-0.2, -0.15) is 4.98 Å². The van der Waals surface area contributed by atoms with Crippen LogP contribution >= 0.6 is 0 Å². The molecule has 0 saturated carbocycles. The van der Waals surface area contributed by atoms with Gasteiger partial charge in [0.15, 0.2) is 5.82 Å². The van der Waals surface area contributed by atoms with E-state index < -0.39 is 0 Å². The summed E-state index contributed by atoms with van der Waals surface area (Å²) in [6.07, 6.45) is 0.612. The molecule has 0 bridgehead atoms. The minimum Gasteiger partial charge on any atom is -0.489 e. The van der Waals surface area contributed by atoms with Crippen molar-refractivity contribution in [2.24, 2.45) is 0 Å². The van der Waals surface area contributed by atoms with Crippen LogP contribution in [0.5, 0.6) is 5.75 Å². The molecule has 29 heavy (non-hydrogen) atoms. The van der Waals surface area contributed by atoms with E-state index >= 15 is 0 Å². The van der Waals surface area contributed by atoms with Crippen LogP contribution in [-0.4, -0.2) is 10.1 Å². The Bertz CT molecular complexity index is 1050. The first-order chi connectivity index (χ1) is 14.2. The van der Waals surface area contributed by atoms with Crippen LogP contribution in [0.1, 0.15) is 22.8 Å². The van der Waals surface area contributed by atoms with E-state index in [1.54, 1.807) is 12.1 Å². The van der Waals surface area contributed by atoms with Crippen molar-refractivity contribution in [3.05, 3.63) is 108 Å². The zero-order valence-corrected chi connectivity index (χ0v) is 15.7. The molecule has 4 aromatic rings. The van der Waals surface area contributed by atoms with Crippen molar-refractivity contribution in [1.82, 2.24) is 10.1 Å². The lowest BCUT2D eigenvalue weighted by molar-refractivity contribution is 0.306. The molecule has 0 spiro atoms. The average Bonchev–Trinajstić information content (AvgIpc) is 3.20. The second-order valence-electron chi connectivity index (χ2n) is 6.56. The summed E-state index contributed by atoms with van der Waals surface area (Å²) < 4.78 is 24.1. The van der Waals surface area contributed by atoms with Gasteiger partial charge in [0.25, 0.3) is 0 Å². The third-order valence-corrected chi connectivity index (χ3v) is 4.31. The van der Waals surface area contributed by atoms with E-state index in [0.717, 1.165) is 22.6 Å². The van der Waals surface area contributed by atoms with Gasteiger partial charge in [0.2, 0.25) is 5.89 Å². The maximum Gasteiger partial charge on any atom is 0.231 e. The Balaban J connectivity index is 1.31. The standard InChI is InChI=1S/C23H20FN3O2/c24-19-11-9-18(10-12-19)16-28-21-8-4-7-20(14-21)25-15-22-26-23(29-27-22)13-17-5-2-1-3-6-17/h1-12,14,25H,13,15-16H2. The second kappa shape index (κ2) is 9.01. The number of benzene rings is 3. The smallest absolute Gasteiger partial charge is 0.231 e. The third kappa shape index (κ3) is 5.42. The highest BCUT2D eigenvalue weighted by Gasteiger charge is 2.07. The molecular weight excluding hydrogens is 369 g/mol. The Morgan fingerprint density at radius 2 is 1.72 bits per heavy atom. The van der Waals surface area contributed by atoms with Gasteiger partial charge >= 0.3 is 0 Å². The molecule has 0 saturated heterocycles.